The van der Waals surface area contributed by atoms with Gasteiger partial charge in [-0.3, -0.25) is 18.7 Å². The molecule has 0 spiro atoms. The standard InChI is InChI=1S/C18H15Cl3N4O3/c1-2-5-24-17(27)12-6-10(19)3-4-13(12)25(18(24)28)9-16(26)22-11-7-14(20)23-15(21)8-11/h3-4,6-8H,2,5,9H2,1H3,(H,22,23,26). The maximum Gasteiger partial charge on any atom is 0.331 e. The van der Waals surface area contributed by atoms with E-state index in [0.717, 1.165) is 4.57 Å². The molecule has 0 bridgehead atoms. The van der Waals surface area contributed by atoms with Crippen LogP contribution < -0.4 is 16.6 Å². The summed E-state index contributed by atoms with van der Waals surface area (Å²) < 4.78 is 2.34. The van der Waals surface area contributed by atoms with E-state index in [9.17, 15) is 14.4 Å². The average molecular weight is 442 g/mol. The lowest BCUT2D eigenvalue weighted by molar-refractivity contribution is -0.116. The van der Waals surface area contributed by atoms with Crippen LogP contribution in [0.25, 0.3) is 10.9 Å². The summed E-state index contributed by atoms with van der Waals surface area (Å²) >= 11 is 17.7. The monoisotopic (exact) mass is 440 g/mol. The minimum atomic E-state index is -0.567. The highest BCUT2D eigenvalue weighted by atomic mass is 35.5. The fraction of sp³-hybridized carbons (Fsp3) is 0.222. The highest BCUT2D eigenvalue weighted by Crippen LogP contribution is 2.19. The van der Waals surface area contributed by atoms with Crippen molar-refractivity contribution >= 4 is 57.3 Å². The van der Waals surface area contributed by atoms with Crippen LogP contribution in [0.2, 0.25) is 15.3 Å². The Bertz CT molecular complexity index is 1170. The molecule has 3 rings (SSSR count). The van der Waals surface area contributed by atoms with Crippen LogP contribution >= 0.6 is 34.8 Å². The number of aromatic nitrogens is 3. The van der Waals surface area contributed by atoms with Gasteiger partial charge < -0.3 is 5.32 Å². The van der Waals surface area contributed by atoms with Gasteiger partial charge in [0.05, 0.1) is 10.9 Å². The molecule has 0 fully saturated rings. The number of anilines is 1. The van der Waals surface area contributed by atoms with E-state index in [1.54, 1.807) is 12.1 Å². The molecular formula is C18H15Cl3N4O3. The van der Waals surface area contributed by atoms with Crippen LogP contribution in [-0.4, -0.2) is 20.0 Å². The fourth-order valence-electron chi connectivity index (χ4n) is 2.85. The Morgan fingerprint density at radius 1 is 1.07 bits per heavy atom. The molecule has 7 nitrogen and oxygen atoms in total. The zero-order chi connectivity index (χ0) is 20.4. The number of nitrogens with zero attached hydrogens (tertiary/aromatic N) is 3. The van der Waals surface area contributed by atoms with Gasteiger partial charge in [-0.05, 0) is 36.8 Å². The number of carbonyl (C=O) groups excluding carboxylic acids is 1. The normalized spacial score (nSPS) is 11.0. The molecule has 0 saturated carbocycles. The largest absolute Gasteiger partial charge is 0.331 e. The average Bonchev–Trinajstić information content (AvgIpc) is 2.61. The van der Waals surface area contributed by atoms with Gasteiger partial charge in [0.15, 0.2) is 0 Å². The zero-order valence-electron chi connectivity index (χ0n) is 14.7. The van der Waals surface area contributed by atoms with E-state index < -0.39 is 17.2 Å². The number of amides is 1. The van der Waals surface area contributed by atoms with Crippen molar-refractivity contribution in [3.8, 4) is 0 Å². The molecule has 2 heterocycles. The lowest BCUT2D eigenvalue weighted by atomic mass is 10.2. The molecule has 10 heteroatoms. The third kappa shape index (κ3) is 4.22. The predicted octanol–water partition coefficient (Wildman–Crippen LogP) is 3.57. The number of carbonyl (C=O) groups is 1. The smallest absolute Gasteiger partial charge is 0.324 e. The van der Waals surface area contributed by atoms with Gasteiger partial charge in [0, 0.05) is 17.3 Å². The van der Waals surface area contributed by atoms with Crippen molar-refractivity contribution in [1.82, 2.24) is 14.1 Å². The van der Waals surface area contributed by atoms with Crippen LogP contribution in [-0.2, 0) is 17.9 Å². The highest BCUT2D eigenvalue weighted by molar-refractivity contribution is 6.33. The zero-order valence-corrected chi connectivity index (χ0v) is 17.0. The number of benzene rings is 1. The third-order valence-electron chi connectivity index (χ3n) is 3.98. The van der Waals surface area contributed by atoms with Gasteiger partial charge in [-0.1, -0.05) is 41.7 Å². The molecule has 0 aliphatic heterocycles. The summed E-state index contributed by atoms with van der Waals surface area (Å²) in [7, 11) is 0. The Balaban J connectivity index is 2.05. The van der Waals surface area contributed by atoms with Gasteiger partial charge in [-0.2, -0.15) is 0 Å². The molecule has 0 atom stereocenters. The van der Waals surface area contributed by atoms with Crippen molar-refractivity contribution in [3.05, 3.63) is 66.5 Å². The first-order valence-electron chi connectivity index (χ1n) is 8.36. The van der Waals surface area contributed by atoms with Crippen molar-refractivity contribution in [2.75, 3.05) is 5.32 Å². The molecule has 146 valence electrons. The molecular weight excluding hydrogens is 427 g/mol. The van der Waals surface area contributed by atoms with Crippen molar-refractivity contribution in [2.45, 2.75) is 26.4 Å². The van der Waals surface area contributed by atoms with Crippen LogP contribution in [0.1, 0.15) is 13.3 Å². The number of rotatable bonds is 5. The van der Waals surface area contributed by atoms with Crippen LogP contribution in [0, 0.1) is 0 Å². The molecule has 1 N–H and O–H groups in total. The highest BCUT2D eigenvalue weighted by Gasteiger charge is 2.16. The minimum absolute atomic E-state index is 0.122. The first-order valence-corrected chi connectivity index (χ1v) is 9.49. The van der Waals surface area contributed by atoms with Crippen LogP contribution in [0.3, 0.4) is 0 Å². The molecule has 0 aliphatic carbocycles. The van der Waals surface area contributed by atoms with Crippen molar-refractivity contribution in [1.29, 1.82) is 0 Å². The minimum Gasteiger partial charge on any atom is -0.324 e. The van der Waals surface area contributed by atoms with Gasteiger partial charge in [-0.15, -0.1) is 0 Å². The lowest BCUT2D eigenvalue weighted by Crippen LogP contribution is -2.41. The summed E-state index contributed by atoms with van der Waals surface area (Å²) in [4.78, 5) is 41.8. The summed E-state index contributed by atoms with van der Waals surface area (Å²) in [5.41, 5.74) is -0.332. The van der Waals surface area contributed by atoms with Gasteiger partial charge in [0.1, 0.15) is 16.9 Å². The molecule has 28 heavy (non-hydrogen) atoms. The number of fused-ring (bicyclic) bond motifs is 1. The Labute approximate surface area is 174 Å². The Kier molecular flexibility index (Phi) is 6.07. The molecule has 2 aromatic heterocycles. The Morgan fingerprint density at radius 2 is 1.75 bits per heavy atom. The molecule has 0 unspecified atom stereocenters. The first kappa shape index (κ1) is 20.4. The number of nitrogens with one attached hydrogen (secondary N) is 1. The SMILES string of the molecule is CCCn1c(=O)c2cc(Cl)ccc2n(CC(=O)Nc2cc(Cl)nc(Cl)c2)c1=O. The van der Waals surface area contributed by atoms with E-state index in [1.807, 2.05) is 6.92 Å². The van der Waals surface area contributed by atoms with E-state index >= 15 is 0 Å². The van der Waals surface area contributed by atoms with E-state index in [1.165, 1.54) is 22.8 Å². The molecule has 1 aromatic carbocycles. The second kappa shape index (κ2) is 8.34. The Morgan fingerprint density at radius 3 is 2.39 bits per heavy atom. The Hall–Kier alpha value is -2.35. The summed E-state index contributed by atoms with van der Waals surface area (Å²) in [6.45, 7) is 1.78. The van der Waals surface area contributed by atoms with Crippen LogP contribution in [0.5, 0.6) is 0 Å². The van der Waals surface area contributed by atoms with E-state index in [2.05, 4.69) is 10.3 Å². The first-order chi connectivity index (χ1) is 13.3. The molecule has 1 amide bonds. The van der Waals surface area contributed by atoms with Crippen molar-refractivity contribution in [3.63, 3.8) is 0 Å². The lowest BCUT2D eigenvalue weighted by Gasteiger charge is -2.14. The number of hydrogen-bond donors (Lipinski definition) is 1. The van der Waals surface area contributed by atoms with Crippen LogP contribution in [0.4, 0.5) is 5.69 Å². The maximum atomic E-state index is 12.8. The van der Waals surface area contributed by atoms with Crippen molar-refractivity contribution < 1.29 is 4.79 Å². The summed E-state index contributed by atoms with van der Waals surface area (Å²) in [6.07, 6.45) is 0.585. The molecule has 0 aliphatic rings. The molecule has 0 radical (unpaired) electrons. The van der Waals surface area contributed by atoms with E-state index in [0.29, 0.717) is 22.6 Å². The predicted molar refractivity (Wildman–Crippen MR) is 111 cm³/mol. The second-order valence-electron chi connectivity index (χ2n) is 6.04. The van der Waals surface area contributed by atoms with Gasteiger partial charge in [-0.25, -0.2) is 9.78 Å². The van der Waals surface area contributed by atoms with Gasteiger partial charge in [0.2, 0.25) is 5.91 Å². The molecule has 0 saturated heterocycles. The van der Waals surface area contributed by atoms with E-state index in [4.69, 9.17) is 34.8 Å². The topological polar surface area (TPSA) is 86.0 Å². The maximum absolute atomic E-state index is 12.8. The van der Waals surface area contributed by atoms with Crippen molar-refractivity contribution in [2.24, 2.45) is 0 Å². The summed E-state index contributed by atoms with van der Waals surface area (Å²) in [5, 5.41) is 3.50. The second-order valence-corrected chi connectivity index (χ2v) is 7.25. The summed E-state index contributed by atoms with van der Waals surface area (Å²) in [5.74, 6) is -0.488. The third-order valence-corrected chi connectivity index (χ3v) is 4.60. The van der Waals surface area contributed by atoms with Gasteiger partial charge >= 0.3 is 5.69 Å². The fourth-order valence-corrected chi connectivity index (χ4v) is 3.48. The summed E-state index contributed by atoms with van der Waals surface area (Å²) in [6, 6.07) is 7.46. The van der Waals surface area contributed by atoms with Crippen LogP contribution in [0.15, 0.2) is 39.9 Å². The number of halogens is 3. The van der Waals surface area contributed by atoms with E-state index in [-0.39, 0.29) is 28.8 Å². The molecule has 3 aromatic rings. The number of pyridine rings is 1. The number of hydrogen-bond acceptors (Lipinski definition) is 4. The quantitative estimate of drug-likeness (QED) is 0.613. The van der Waals surface area contributed by atoms with Gasteiger partial charge in [0.25, 0.3) is 5.56 Å².